The molecule has 6 aromatic carbocycles. The third kappa shape index (κ3) is 6.55. The van der Waals surface area contributed by atoms with Gasteiger partial charge in [-0.25, -0.2) is 0 Å². The molecule has 14 nitrogen and oxygen atoms in total. The molecule has 6 rings (SSSR count). The predicted octanol–water partition coefficient (Wildman–Crippen LogP) is 8.17. The summed E-state index contributed by atoms with van der Waals surface area (Å²) in [5, 5.41) is 18.7. The van der Waals surface area contributed by atoms with E-state index in [0.717, 1.165) is 0 Å². The maximum absolute atomic E-state index is 12.2. The van der Waals surface area contributed by atoms with E-state index in [9.17, 15) is 25.9 Å². The minimum atomic E-state index is -4.70. The number of rotatable bonds is 9. The van der Waals surface area contributed by atoms with Gasteiger partial charge in [0.1, 0.15) is 44.0 Å². The third-order valence-corrected chi connectivity index (χ3v) is 9.55. The molecule has 0 aliphatic carbocycles. The Balaban J connectivity index is 1.35. The van der Waals surface area contributed by atoms with Crippen molar-refractivity contribution in [1.29, 1.82) is 0 Å². The Kier molecular flexibility index (Phi) is 8.94. The van der Waals surface area contributed by atoms with Crippen LogP contribution < -0.4 is 20.9 Å². The molecule has 0 heterocycles. The number of ether oxygens (including phenoxy) is 2. The molecule has 0 atom stereocenters. The molecule has 0 saturated carbocycles. The third-order valence-electron chi connectivity index (χ3n) is 7.82. The van der Waals surface area contributed by atoms with Crippen LogP contribution in [0.25, 0.3) is 32.7 Å². The summed E-state index contributed by atoms with van der Waals surface area (Å²) in [5.41, 5.74) is 14.0. The van der Waals surface area contributed by atoms with Gasteiger partial charge in [-0.3, -0.25) is 9.11 Å². The molecule has 0 spiro atoms. The van der Waals surface area contributed by atoms with Gasteiger partial charge in [-0.15, -0.1) is 20.5 Å². The van der Waals surface area contributed by atoms with Crippen molar-refractivity contribution in [3.05, 3.63) is 97.1 Å². The molecule has 0 aromatic heterocycles. The average molecular weight is 713 g/mol. The number of nitrogen functional groups attached to an aromatic ring is 2. The number of hydrogen-bond acceptors (Lipinski definition) is 12. The molecule has 0 amide bonds. The quantitative estimate of drug-likeness (QED) is 0.0638. The second kappa shape index (κ2) is 13.2. The zero-order valence-corrected chi connectivity index (χ0v) is 28.0. The van der Waals surface area contributed by atoms with Gasteiger partial charge in [-0.2, -0.15) is 16.8 Å². The molecule has 254 valence electrons. The van der Waals surface area contributed by atoms with E-state index in [0.29, 0.717) is 32.7 Å². The second-order valence-electron chi connectivity index (χ2n) is 10.8. The van der Waals surface area contributed by atoms with E-state index in [1.54, 1.807) is 84.9 Å². The number of hydrogen-bond donors (Lipinski definition) is 4. The first-order chi connectivity index (χ1) is 23.8. The molecule has 50 heavy (non-hydrogen) atoms. The first-order valence-electron chi connectivity index (χ1n) is 14.6. The molecule has 0 aliphatic rings. The molecule has 0 radical (unpaired) electrons. The van der Waals surface area contributed by atoms with E-state index in [2.05, 4.69) is 20.5 Å². The van der Waals surface area contributed by atoms with Crippen LogP contribution in [0.15, 0.2) is 127 Å². The highest BCUT2D eigenvalue weighted by molar-refractivity contribution is 7.86. The number of nitrogens with two attached hydrogens (primary N) is 2. The molecular formula is C34H28N6O8S2. The van der Waals surface area contributed by atoms with Crippen LogP contribution >= 0.6 is 0 Å². The van der Waals surface area contributed by atoms with Crippen LogP contribution in [-0.4, -0.2) is 40.2 Å². The SMILES string of the molecule is COc1cc(-c2ccc(/N=N/c3c(S(=O)(=O)O)cc4ccccc4c3N)c(OC)c2)ccc1/N=N/c1c(S(=O)(=O)O)cc2ccccc2c1N. The number of nitrogens with zero attached hydrogens (tertiary/aromatic N) is 4. The fraction of sp³-hybridized carbons (Fsp3) is 0.0588. The minimum Gasteiger partial charge on any atom is -0.494 e. The summed E-state index contributed by atoms with van der Waals surface area (Å²) >= 11 is 0. The van der Waals surface area contributed by atoms with E-state index >= 15 is 0 Å². The predicted molar refractivity (Wildman–Crippen MR) is 190 cm³/mol. The molecule has 0 unspecified atom stereocenters. The molecule has 16 heteroatoms. The van der Waals surface area contributed by atoms with Crippen molar-refractivity contribution in [2.45, 2.75) is 9.79 Å². The Labute approximate surface area is 286 Å². The summed E-state index contributed by atoms with van der Waals surface area (Å²) in [7, 11) is -6.54. The van der Waals surface area contributed by atoms with Gasteiger partial charge in [0, 0.05) is 10.8 Å². The fourth-order valence-corrected chi connectivity index (χ4v) is 6.71. The smallest absolute Gasteiger partial charge is 0.296 e. The number of anilines is 2. The van der Waals surface area contributed by atoms with Gasteiger partial charge in [0.05, 0.1) is 25.6 Å². The molecule has 0 fully saturated rings. The Morgan fingerprint density at radius 2 is 0.920 bits per heavy atom. The van der Waals surface area contributed by atoms with Crippen molar-refractivity contribution in [2.24, 2.45) is 20.5 Å². The molecule has 6 aromatic rings. The summed E-state index contributed by atoms with van der Waals surface area (Å²) in [5.74, 6) is 0.567. The van der Waals surface area contributed by atoms with Crippen LogP contribution in [0, 0.1) is 0 Å². The topological polar surface area (TPSA) is 229 Å². The van der Waals surface area contributed by atoms with Gasteiger partial charge in [0.15, 0.2) is 0 Å². The standard InChI is InChI=1S/C34H28N6O8S2/c1-47-27-15-19(11-13-25(27)37-39-33-29(49(41,42)43)17-21-7-3-5-9-23(21)31(33)35)20-12-14-26(28(16-20)48-2)38-40-34-30(50(44,45)46)18-22-8-4-6-10-24(22)32(34)36/h3-18H,35-36H2,1-2H3,(H,41,42,43)(H,44,45,46)/b39-37+,40-38+. The van der Waals surface area contributed by atoms with Crippen LogP contribution in [0.4, 0.5) is 34.1 Å². The van der Waals surface area contributed by atoms with E-state index in [4.69, 9.17) is 20.9 Å². The summed E-state index contributed by atoms with van der Waals surface area (Å²) in [6.45, 7) is 0. The highest BCUT2D eigenvalue weighted by Crippen LogP contribution is 2.42. The normalized spacial score (nSPS) is 12.3. The minimum absolute atomic E-state index is 0.0249. The molecule has 0 saturated heterocycles. The molecule has 0 aliphatic heterocycles. The van der Waals surface area contributed by atoms with E-state index in [-0.39, 0.29) is 45.6 Å². The van der Waals surface area contributed by atoms with Crippen molar-refractivity contribution >= 4 is 75.9 Å². The van der Waals surface area contributed by atoms with E-state index in [1.165, 1.54) is 26.4 Å². The maximum Gasteiger partial charge on any atom is 0.296 e. The summed E-state index contributed by atoms with van der Waals surface area (Å²) in [6.07, 6.45) is 0. The van der Waals surface area contributed by atoms with E-state index < -0.39 is 30.0 Å². The first-order valence-corrected chi connectivity index (χ1v) is 17.5. The van der Waals surface area contributed by atoms with Gasteiger partial charge in [-0.1, -0.05) is 60.7 Å². The van der Waals surface area contributed by atoms with Crippen molar-refractivity contribution < 1.29 is 35.4 Å². The zero-order chi connectivity index (χ0) is 35.8. The lowest BCUT2D eigenvalue weighted by Gasteiger charge is -2.12. The monoisotopic (exact) mass is 712 g/mol. The largest absolute Gasteiger partial charge is 0.494 e. The Morgan fingerprint density at radius 1 is 0.540 bits per heavy atom. The second-order valence-corrected chi connectivity index (χ2v) is 13.6. The van der Waals surface area contributed by atoms with Crippen molar-refractivity contribution in [3.63, 3.8) is 0 Å². The average Bonchev–Trinajstić information content (AvgIpc) is 3.09. The van der Waals surface area contributed by atoms with Crippen LogP contribution in [0.1, 0.15) is 0 Å². The van der Waals surface area contributed by atoms with Gasteiger partial charge >= 0.3 is 0 Å². The first kappa shape index (κ1) is 33.9. The van der Waals surface area contributed by atoms with Crippen molar-refractivity contribution in [1.82, 2.24) is 0 Å². The summed E-state index contributed by atoms with van der Waals surface area (Å²) < 4.78 is 79.7. The molecule has 6 N–H and O–H groups in total. The molecular weight excluding hydrogens is 685 g/mol. The lowest BCUT2D eigenvalue weighted by atomic mass is 10.0. The summed E-state index contributed by atoms with van der Waals surface area (Å²) in [4.78, 5) is -0.982. The Hall–Kier alpha value is -5.94. The highest BCUT2D eigenvalue weighted by Gasteiger charge is 2.22. The van der Waals surface area contributed by atoms with E-state index in [1.807, 2.05) is 0 Å². The number of azo groups is 2. The lowest BCUT2D eigenvalue weighted by molar-refractivity contribution is 0.415. The number of benzene rings is 6. The molecule has 0 bridgehead atoms. The van der Waals surface area contributed by atoms with Gasteiger partial charge in [0.25, 0.3) is 20.2 Å². The van der Waals surface area contributed by atoms with Crippen LogP contribution in [0.3, 0.4) is 0 Å². The van der Waals surface area contributed by atoms with Crippen LogP contribution in [-0.2, 0) is 20.2 Å². The van der Waals surface area contributed by atoms with Gasteiger partial charge < -0.3 is 20.9 Å². The van der Waals surface area contributed by atoms with Gasteiger partial charge in [-0.05, 0) is 58.3 Å². The fourth-order valence-electron chi connectivity index (χ4n) is 5.36. The lowest BCUT2D eigenvalue weighted by Crippen LogP contribution is -2.01. The summed E-state index contributed by atoms with van der Waals surface area (Å²) in [6, 6.07) is 26.1. The Bertz CT molecular complexity index is 2430. The van der Waals surface area contributed by atoms with Crippen molar-refractivity contribution in [3.8, 4) is 22.6 Å². The van der Waals surface area contributed by atoms with Crippen LogP contribution in [0.2, 0.25) is 0 Å². The zero-order valence-electron chi connectivity index (χ0n) is 26.3. The number of methoxy groups -OCH3 is 2. The van der Waals surface area contributed by atoms with Gasteiger partial charge in [0.2, 0.25) is 0 Å². The highest BCUT2D eigenvalue weighted by atomic mass is 32.2. The van der Waals surface area contributed by atoms with Crippen molar-refractivity contribution in [2.75, 3.05) is 25.7 Å². The van der Waals surface area contributed by atoms with Crippen LogP contribution in [0.5, 0.6) is 11.5 Å². The maximum atomic E-state index is 12.2. The Morgan fingerprint density at radius 3 is 1.28 bits per heavy atom. The number of fused-ring (bicyclic) bond motifs is 2.